The van der Waals surface area contributed by atoms with Gasteiger partial charge in [0.2, 0.25) is 10.0 Å². The molecular weight excluding hydrogens is 308 g/mol. The molecule has 0 unspecified atom stereocenters. The van der Waals surface area contributed by atoms with Crippen LogP contribution in [0, 0.1) is 0 Å². The van der Waals surface area contributed by atoms with Crippen LogP contribution in [-0.2, 0) is 14.8 Å². The summed E-state index contributed by atoms with van der Waals surface area (Å²) in [5, 5.41) is 9.15. The number of morpholine rings is 1. The largest absolute Gasteiger partial charge is 0.372 e. The summed E-state index contributed by atoms with van der Waals surface area (Å²) < 4.78 is 32.1. The fourth-order valence-electron chi connectivity index (χ4n) is 2.32. The van der Waals surface area contributed by atoms with E-state index in [9.17, 15) is 8.42 Å². The predicted molar refractivity (Wildman–Crippen MR) is 77.6 cm³/mol. The van der Waals surface area contributed by atoms with Crippen molar-refractivity contribution < 1.29 is 13.2 Å². The maximum absolute atomic E-state index is 12.5. The van der Waals surface area contributed by atoms with Gasteiger partial charge in [0.05, 0.1) is 12.8 Å². The van der Waals surface area contributed by atoms with Gasteiger partial charge in [0.1, 0.15) is 22.5 Å². The maximum Gasteiger partial charge on any atom is 0.246 e. The molecule has 22 heavy (non-hydrogen) atoms. The molecule has 1 fully saturated rings. The minimum absolute atomic E-state index is 0.140. The van der Waals surface area contributed by atoms with Crippen LogP contribution in [0.1, 0.15) is 11.8 Å². The summed E-state index contributed by atoms with van der Waals surface area (Å²) in [5.41, 5.74) is 0.595. The third-order valence-corrected chi connectivity index (χ3v) is 5.24. The quantitative estimate of drug-likeness (QED) is 0.814. The van der Waals surface area contributed by atoms with E-state index in [0.717, 1.165) is 0 Å². The monoisotopic (exact) mass is 324 g/mol. The van der Waals surface area contributed by atoms with E-state index < -0.39 is 16.1 Å². The first kappa shape index (κ1) is 14.9. The van der Waals surface area contributed by atoms with E-state index in [-0.39, 0.29) is 11.4 Å². The van der Waals surface area contributed by atoms with Crippen LogP contribution >= 0.6 is 0 Å². The fraction of sp³-hybridized carbons (Fsp3) is 0.417. The van der Waals surface area contributed by atoms with Crippen LogP contribution in [0.5, 0.6) is 0 Å². The Hall–Kier alpha value is -2.04. The molecule has 10 heteroatoms. The van der Waals surface area contributed by atoms with E-state index in [2.05, 4.69) is 25.5 Å². The third-order valence-electron chi connectivity index (χ3n) is 3.41. The molecule has 3 heterocycles. The molecule has 0 spiro atoms. The molecule has 0 aliphatic carbocycles. The standard InChI is InChI=1S/C12H16N6O3S/c1-13-12-11(14-2-3-15-12)10-8-18(4-5-21-10)22(19,20)9-6-16-17-7-9/h2-3,6-7,10H,4-5,8H2,1H3,(H,13,15)(H,16,17)/t10-/m1/s1. The van der Waals surface area contributed by atoms with Gasteiger partial charge < -0.3 is 10.1 Å². The van der Waals surface area contributed by atoms with Gasteiger partial charge >= 0.3 is 0 Å². The second kappa shape index (κ2) is 5.99. The van der Waals surface area contributed by atoms with E-state index in [1.165, 1.54) is 16.7 Å². The summed E-state index contributed by atoms with van der Waals surface area (Å²) in [5.74, 6) is 0.579. The van der Waals surface area contributed by atoms with Crippen molar-refractivity contribution in [2.75, 3.05) is 32.1 Å². The molecule has 9 nitrogen and oxygen atoms in total. The van der Waals surface area contributed by atoms with Gasteiger partial charge in [0.15, 0.2) is 0 Å². The van der Waals surface area contributed by atoms with Gasteiger partial charge in [-0.3, -0.25) is 10.1 Å². The number of hydrogen-bond acceptors (Lipinski definition) is 7. The molecule has 0 radical (unpaired) electrons. The molecular formula is C12H16N6O3S. The van der Waals surface area contributed by atoms with Gasteiger partial charge in [0.25, 0.3) is 0 Å². The summed E-state index contributed by atoms with van der Waals surface area (Å²) >= 11 is 0. The lowest BCUT2D eigenvalue weighted by atomic mass is 10.2. The molecule has 2 aromatic rings. The van der Waals surface area contributed by atoms with Crippen molar-refractivity contribution in [1.29, 1.82) is 0 Å². The summed E-state index contributed by atoms with van der Waals surface area (Å²) in [6.45, 7) is 0.765. The van der Waals surface area contributed by atoms with Gasteiger partial charge in [-0.25, -0.2) is 13.4 Å². The minimum Gasteiger partial charge on any atom is -0.372 e. The summed E-state index contributed by atoms with van der Waals surface area (Å²) in [6, 6.07) is 0. The number of H-pyrrole nitrogens is 1. The number of hydrogen-bond donors (Lipinski definition) is 2. The van der Waals surface area contributed by atoms with E-state index in [1.54, 1.807) is 19.4 Å². The molecule has 1 atom stereocenters. The molecule has 2 aromatic heterocycles. The lowest BCUT2D eigenvalue weighted by Gasteiger charge is -2.31. The summed E-state index contributed by atoms with van der Waals surface area (Å²) in [4.78, 5) is 8.58. The Morgan fingerprint density at radius 3 is 2.95 bits per heavy atom. The van der Waals surface area contributed by atoms with Gasteiger partial charge in [-0.2, -0.15) is 9.40 Å². The highest BCUT2D eigenvalue weighted by atomic mass is 32.2. The highest BCUT2D eigenvalue weighted by molar-refractivity contribution is 7.89. The normalized spacial score (nSPS) is 20.0. The Kier molecular flexibility index (Phi) is 4.05. The van der Waals surface area contributed by atoms with E-state index in [1.807, 2.05) is 0 Å². The Balaban J connectivity index is 1.86. The first-order chi connectivity index (χ1) is 10.6. The maximum atomic E-state index is 12.5. The first-order valence-electron chi connectivity index (χ1n) is 6.72. The number of aromatic nitrogens is 4. The van der Waals surface area contributed by atoms with Gasteiger partial charge in [-0.05, 0) is 0 Å². The number of anilines is 1. The average Bonchev–Trinajstić information content (AvgIpc) is 3.10. The number of ether oxygens (including phenoxy) is 1. The SMILES string of the molecule is CNc1nccnc1[C@H]1CN(S(=O)(=O)c2cn[nH]c2)CCO1. The lowest BCUT2D eigenvalue weighted by Crippen LogP contribution is -2.42. The number of sulfonamides is 1. The average molecular weight is 324 g/mol. The first-order valence-corrected chi connectivity index (χ1v) is 8.16. The molecule has 118 valence electrons. The molecule has 0 amide bonds. The topological polar surface area (TPSA) is 113 Å². The third kappa shape index (κ3) is 2.67. The molecule has 1 aliphatic rings. The number of aromatic amines is 1. The Morgan fingerprint density at radius 1 is 1.41 bits per heavy atom. The fourth-order valence-corrected chi connectivity index (χ4v) is 3.65. The smallest absolute Gasteiger partial charge is 0.246 e. The molecule has 3 rings (SSSR count). The van der Waals surface area contributed by atoms with Crippen molar-refractivity contribution in [2.45, 2.75) is 11.0 Å². The van der Waals surface area contributed by atoms with Gasteiger partial charge in [0, 0.05) is 38.7 Å². The van der Waals surface area contributed by atoms with E-state index in [0.29, 0.717) is 24.7 Å². The highest BCUT2D eigenvalue weighted by Crippen LogP contribution is 2.27. The summed E-state index contributed by atoms with van der Waals surface area (Å²) in [6.07, 6.45) is 5.32. The van der Waals surface area contributed by atoms with Crippen LogP contribution < -0.4 is 5.32 Å². The lowest BCUT2D eigenvalue weighted by molar-refractivity contribution is -0.00468. The van der Waals surface area contributed by atoms with E-state index in [4.69, 9.17) is 4.74 Å². The van der Waals surface area contributed by atoms with Crippen molar-refractivity contribution in [2.24, 2.45) is 0 Å². The van der Waals surface area contributed by atoms with Crippen molar-refractivity contribution >= 4 is 15.8 Å². The Labute approximate surface area is 127 Å². The van der Waals surface area contributed by atoms with Crippen molar-refractivity contribution in [3.05, 3.63) is 30.5 Å². The van der Waals surface area contributed by atoms with Crippen LogP contribution in [-0.4, -0.2) is 59.6 Å². The van der Waals surface area contributed by atoms with Crippen LogP contribution in [0.4, 0.5) is 5.82 Å². The molecule has 0 aromatic carbocycles. The van der Waals surface area contributed by atoms with Crippen molar-refractivity contribution in [3.8, 4) is 0 Å². The van der Waals surface area contributed by atoms with Crippen LogP contribution in [0.2, 0.25) is 0 Å². The Morgan fingerprint density at radius 2 is 2.23 bits per heavy atom. The zero-order valence-corrected chi connectivity index (χ0v) is 12.7. The highest BCUT2D eigenvalue weighted by Gasteiger charge is 2.33. The van der Waals surface area contributed by atoms with Crippen LogP contribution in [0.3, 0.4) is 0 Å². The van der Waals surface area contributed by atoms with Crippen LogP contribution in [0.15, 0.2) is 29.7 Å². The molecule has 0 saturated carbocycles. The number of nitrogens with one attached hydrogen (secondary N) is 2. The molecule has 1 aliphatic heterocycles. The molecule has 1 saturated heterocycles. The minimum atomic E-state index is -3.59. The number of rotatable bonds is 4. The second-order valence-corrected chi connectivity index (χ2v) is 6.63. The Bertz CT molecular complexity index is 733. The molecule has 0 bridgehead atoms. The molecule has 2 N–H and O–H groups in total. The second-order valence-electron chi connectivity index (χ2n) is 4.70. The zero-order chi connectivity index (χ0) is 15.6. The number of nitrogens with zero attached hydrogens (tertiary/aromatic N) is 4. The summed E-state index contributed by atoms with van der Waals surface area (Å²) in [7, 11) is -1.86. The predicted octanol–water partition coefficient (Wildman–Crippen LogP) is 0.00360. The van der Waals surface area contributed by atoms with Gasteiger partial charge in [-0.15, -0.1) is 0 Å². The van der Waals surface area contributed by atoms with Crippen molar-refractivity contribution in [1.82, 2.24) is 24.5 Å². The van der Waals surface area contributed by atoms with Crippen molar-refractivity contribution in [3.63, 3.8) is 0 Å². The van der Waals surface area contributed by atoms with Crippen LogP contribution in [0.25, 0.3) is 0 Å². The van der Waals surface area contributed by atoms with E-state index >= 15 is 0 Å². The zero-order valence-electron chi connectivity index (χ0n) is 11.9. The van der Waals surface area contributed by atoms with Gasteiger partial charge in [-0.1, -0.05) is 0 Å².